The smallest absolute Gasteiger partial charge is 0.110 e. The number of aliphatic hydroxyl groups is 1. The van der Waals surface area contributed by atoms with Crippen molar-refractivity contribution < 1.29 is 9.84 Å². The largest absolute Gasteiger partial charge is 0.392 e. The zero-order chi connectivity index (χ0) is 13.6. The predicted octanol–water partition coefficient (Wildman–Crippen LogP) is 2.17. The lowest BCUT2D eigenvalue weighted by molar-refractivity contribution is 0.233. The van der Waals surface area contributed by atoms with Crippen molar-refractivity contribution in [1.29, 1.82) is 0 Å². The summed E-state index contributed by atoms with van der Waals surface area (Å²) in [6.07, 6.45) is 10.8. The van der Waals surface area contributed by atoms with Crippen LogP contribution in [-0.4, -0.2) is 44.0 Å². The van der Waals surface area contributed by atoms with Gasteiger partial charge in [-0.05, 0) is 25.5 Å². The van der Waals surface area contributed by atoms with Gasteiger partial charge in [-0.3, -0.25) is 4.99 Å². The summed E-state index contributed by atoms with van der Waals surface area (Å²) in [6, 6.07) is 0. The number of methoxy groups -OCH3 is 1. The third-order valence-corrected chi connectivity index (χ3v) is 1.94. The first kappa shape index (κ1) is 16.5. The Morgan fingerprint density at radius 2 is 2.06 bits per heavy atom. The Bertz CT molecular complexity index is 353. The fourth-order valence-corrected chi connectivity index (χ4v) is 1.03. The van der Waals surface area contributed by atoms with Gasteiger partial charge in [0.2, 0.25) is 0 Å². The molecule has 0 spiro atoms. The number of aliphatic hydroxyl groups excluding tert-OH is 1. The molecule has 18 heavy (non-hydrogen) atoms. The van der Waals surface area contributed by atoms with Crippen molar-refractivity contribution in [2.45, 2.75) is 13.8 Å². The summed E-state index contributed by atoms with van der Waals surface area (Å²) in [6.45, 7) is 5.15. The minimum absolute atomic E-state index is 0.0222. The average Bonchev–Trinajstić information content (AvgIpc) is 2.38. The zero-order valence-electron chi connectivity index (χ0n) is 11.3. The molecule has 4 heteroatoms. The number of aliphatic imine (C=N–C) groups is 2. The second-order valence-corrected chi connectivity index (χ2v) is 3.46. The fourth-order valence-electron chi connectivity index (χ4n) is 1.03. The van der Waals surface area contributed by atoms with E-state index in [0.29, 0.717) is 6.61 Å². The first-order valence-corrected chi connectivity index (χ1v) is 5.91. The molecule has 0 saturated heterocycles. The summed E-state index contributed by atoms with van der Waals surface area (Å²) in [4.78, 5) is 8.16. The summed E-state index contributed by atoms with van der Waals surface area (Å²) >= 11 is 0. The first-order valence-electron chi connectivity index (χ1n) is 5.91. The summed E-state index contributed by atoms with van der Waals surface area (Å²) in [5.41, 5.74) is 1.83. The normalized spacial score (nSPS) is 14.4. The Hall–Kier alpha value is -1.52. The Morgan fingerprint density at radius 3 is 2.67 bits per heavy atom. The number of ether oxygens (including phenoxy) is 1. The number of hydrogen-bond donors (Lipinski definition) is 1. The quantitative estimate of drug-likeness (QED) is 0.408. The van der Waals surface area contributed by atoms with Gasteiger partial charge in [-0.15, -0.1) is 0 Å². The molecule has 1 N–H and O–H groups in total. The van der Waals surface area contributed by atoms with Crippen LogP contribution in [0, 0.1) is 0 Å². The Morgan fingerprint density at radius 1 is 1.28 bits per heavy atom. The van der Waals surface area contributed by atoms with Crippen LogP contribution in [0.25, 0.3) is 0 Å². The molecule has 100 valence electrons. The highest BCUT2D eigenvalue weighted by Crippen LogP contribution is 2.00. The van der Waals surface area contributed by atoms with Crippen LogP contribution in [0.5, 0.6) is 0 Å². The molecule has 0 aromatic carbocycles. The topological polar surface area (TPSA) is 54.2 Å². The highest BCUT2D eigenvalue weighted by atomic mass is 16.5. The van der Waals surface area contributed by atoms with Gasteiger partial charge in [0.05, 0.1) is 13.2 Å². The van der Waals surface area contributed by atoms with Crippen LogP contribution in [0.15, 0.2) is 45.9 Å². The molecule has 0 rings (SSSR count). The molecule has 0 amide bonds. The Labute approximate surface area is 109 Å². The Balaban J connectivity index is 4.60. The number of rotatable bonds is 8. The van der Waals surface area contributed by atoms with Gasteiger partial charge in [0, 0.05) is 19.4 Å². The molecule has 0 radical (unpaired) electrons. The van der Waals surface area contributed by atoms with Gasteiger partial charge >= 0.3 is 0 Å². The van der Waals surface area contributed by atoms with E-state index >= 15 is 0 Å². The van der Waals surface area contributed by atoms with Gasteiger partial charge in [0.1, 0.15) is 6.34 Å². The molecule has 0 bridgehead atoms. The third kappa shape index (κ3) is 9.69. The van der Waals surface area contributed by atoms with E-state index in [1.165, 1.54) is 0 Å². The molecular formula is C14H22N2O2. The molecule has 0 fully saturated rings. The SMILES string of the molecule is CC\N=C/N=C(C)/C=C/C(/C=C\CO)=C/COC. The molecule has 0 aromatic rings. The lowest BCUT2D eigenvalue weighted by atomic mass is 10.2. The highest BCUT2D eigenvalue weighted by Gasteiger charge is 1.87. The first-order chi connectivity index (χ1) is 8.74. The standard InChI is InChI=1S/C14H22N2O2/c1-4-15-12-16-13(2)7-8-14(6-5-10-17)9-11-18-3/h5-9,12,17H,4,10-11H2,1-3H3/b6-5-,8-7+,14-9+,15-12-,16-13+. The Kier molecular flexibility index (Phi) is 10.9. The van der Waals surface area contributed by atoms with E-state index < -0.39 is 0 Å². The van der Waals surface area contributed by atoms with Crippen LogP contribution in [0.4, 0.5) is 0 Å². The molecule has 0 aliphatic carbocycles. The molecule has 0 heterocycles. The van der Waals surface area contributed by atoms with Gasteiger partial charge in [0.25, 0.3) is 0 Å². The molecule has 0 aliphatic rings. The molecule has 0 atom stereocenters. The van der Waals surface area contributed by atoms with Crippen LogP contribution >= 0.6 is 0 Å². The zero-order valence-corrected chi connectivity index (χ0v) is 11.3. The average molecular weight is 250 g/mol. The van der Waals surface area contributed by atoms with E-state index in [9.17, 15) is 0 Å². The van der Waals surface area contributed by atoms with Crippen molar-refractivity contribution in [3.63, 3.8) is 0 Å². The summed E-state index contributed by atoms with van der Waals surface area (Å²) in [5, 5.41) is 8.75. The maximum atomic E-state index is 8.75. The van der Waals surface area contributed by atoms with E-state index in [0.717, 1.165) is 17.8 Å². The monoisotopic (exact) mass is 250 g/mol. The van der Waals surface area contributed by atoms with Gasteiger partial charge < -0.3 is 9.84 Å². The lowest BCUT2D eigenvalue weighted by Gasteiger charge is -1.95. The number of nitrogens with zero attached hydrogens (tertiary/aromatic N) is 2. The maximum Gasteiger partial charge on any atom is 0.110 e. The van der Waals surface area contributed by atoms with E-state index in [1.54, 1.807) is 19.5 Å². The van der Waals surface area contributed by atoms with Crippen LogP contribution in [0.2, 0.25) is 0 Å². The summed E-state index contributed by atoms with van der Waals surface area (Å²) in [7, 11) is 1.64. The number of hydrogen-bond acceptors (Lipinski definition) is 3. The number of allylic oxidation sites excluding steroid dienone is 4. The maximum absolute atomic E-state index is 8.75. The van der Waals surface area contributed by atoms with E-state index in [1.807, 2.05) is 38.2 Å². The van der Waals surface area contributed by atoms with Crippen LogP contribution in [-0.2, 0) is 4.74 Å². The van der Waals surface area contributed by atoms with Crippen LogP contribution in [0.1, 0.15) is 13.8 Å². The van der Waals surface area contributed by atoms with Crippen LogP contribution in [0.3, 0.4) is 0 Å². The molecule has 4 nitrogen and oxygen atoms in total. The molecule has 0 unspecified atom stereocenters. The summed E-state index contributed by atoms with van der Waals surface area (Å²) in [5.74, 6) is 0. The summed E-state index contributed by atoms with van der Waals surface area (Å²) < 4.78 is 4.98. The van der Waals surface area contributed by atoms with Gasteiger partial charge in [0.15, 0.2) is 0 Å². The second kappa shape index (κ2) is 12.0. The highest BCUT2D eigenvalue weighted by molar-refractivity contribution is 5.97. The van der Waals surface area contributed by atoms with E-state index in [2.05, 4.69) is 9.98 Å². The van der Waals surface area contributed by atoms with Crippen molar-refractivity contribution in [3.05, 3.63) is 36.0 Å². The van der Waals surface area contributed by atoms with Crippen molar-refractivity contribution >= 4 is 12.1 Å². The van der Waals surface area contributed by atoms with Gasteiger partial charge in [-0.1, -0.05) is 24.3 Å². The van der Waals surface area contributed by atoms with E-state index in [-0.39, 0.29) is 6.61 Å². The molecular weight excluding hydrogens is 228 g/mol. The van der Waals surface area contributed by atoms with Crippen molar-refractivity contribution in [3.8, 4) is 0 Å². The van der Waals surface area contributed by atoms with Crippen LogP contribution < -0.4 is 0 Å². The third-order valence-electron chi connectivity index (χ3n) is 1.94. The second-order valence-electron chi connectivity index (χ2n) is 3.46. The minimum Gasteiger partial charge on any atom is -0.392 e. The predicted molar refractivity (Wildman–Crippen MR) is 77.5 cm³/mol. The van der Waals surface area contributed by atoms with Gasteiger partial charge in [-0.25, -0.2) is 4.99 Å². The molecule has 0 saturated carbocycles. The fraction of sp³-hybridized carbons (Fsp3) is 0.429. The lowest BCUT2D eigenvalue weighted by Crippen LogP contribution is -1.88. The molecule has 0 aliphatic heterocycles. The minimum atomic E-state index is 0.0222. The van der Waals surface area contributed by atoms with E-state index in [4.69, 9.17) is 9.84 Å². The van der Waals surface area contributed by atoms with Crippen molar-refractivity contribution in [2.24, 2.45) is 9.98 Å². The van der Waals surface area contributed by atoms with Gasteiger partial charge in [-0.2, -0.15) is 0 Å². The van der Waals surface area contributed by atoms with Crippen molar-refractivity contribution in [2.75, 3.05) is 26.9 Å². The van der Waals surface area contributed by atoms with Crippen molar-refractivity contribution in [1.82, 2.24) is 0 Å². The molecule has 0 aromatic heterocycles.